The number of rotatable bonds is 8. The van der Waals surface area contributed by atoms with Gasteiger partial charge < -0.3 is 25.8 Å². The maximum absolute atomic E-state index is 12.9. The Morgan fingerprint density at radius 3 is 2.00 bits per heavy atom. The first kappa shape index (κ1) is 27.2. The van der Waals surface area contributed by atoms with Gasteiger partial charge in [-0.2, -0.15) is 0 Å². The predicted octanol–water partition coefficient (Wildman–Crippen LogP) is 5.53. The molecule has 194 valence electrons. The molecule has 3 aromatic carbocycles. The van der Waals surface area contributed by atoms with Gasteiger partial charge in [0, 0.05) is 17.9 Å². The van der Waals surface area contributed by atoms with Crippen molar-refractivity contribution in [2.45, 2.75) is 38.8 Å². The highest BCUT2D eigenvalue weighted by Crippen LogP contribution is 2.24. The molecule has 37 heavy (non-hydrogen) atoms. The first-order valence-corrected chi connectivity index (χ1v) is 11.9. The molecule has 0 fully saturated rings. The molecule has 1 atom stereocenters. The maximum Gasteiger partial charge on any atom is 0.412 e. The van der Waals surface area contributed by atoms with E-state index in [0.29, 0.717) is 29.0 Å². The fourth-order valence-corrected chi connectivity index (χ4v) is 3.47. The number of amides is 4. The van der Waals surface area contributed by atoms with Crippen LogP contribution < -0.4 is 21.3 Å². The van der Waals surface area contributed by atoms with Crippen LogP contribution in [0.2, 0.25) is 0 Å². The molecule has 3 rings (SSSR count). The molecule has 4 amide bonds. The summed E-state index contributed by atoms with van der Waals surface area (Å²) in [7, 11) is 0. The van der Waals surface area contributed by atoms with Crippen LogP contribution in [0.4, 0.5) is 26.7 Å². The van der Waals surface area contributed by atoms with Gasteiger partial charge in [-0.3, -0.25) is 10.1 Å². The van der Waals surface area contributed by atoms with Crippen LogP contribution in [0, 0.1) is 0 Å². The zero-order valence-electron chi connectivity index (χ0n) is 21.1. The van der Waals surface area contributed by atoms with E-state index in [2.05, 4.69) is 21.3 Å². The second-order valence-corrected chi connectivity index (χ2v) is 9.28. The molecular formula is C28H32N4O5. The van der Waals surface area contributed by atoms with Gasteiger partial charge in [-0.1, -0.05) is 42.5 Å². The molecule has 0 saturated carbocycles. The van der Waals surface area contributed by atoms with Gasteiger partial charge in [0.05, 0.1) is 17.4 Å². The van der Waals surface area contributed by atoms with Crippen LogP contribution in [-0.2, 0) is 4.74 Å². The van der Waals surface area contributed by atoms with Crippen molar-refractivity contribution in [3.8, 4) is 0 Å². The number of hydrogen-bond acceptors (Lipinski definition) is 5. The first-order chi connectivity index (χ1) is 17.6. The number of carbonyl (C=O) groups is 3. The minimum absolute atomic E-state index is 0.125. The predicted molar refractivity (Wildman–Crippen MR) is 144 cm³/mol. The summed E-state index contributed by atoms with van der Waals surface area (Å²) in [4.78, 5) is 37.5. The topological polar surface area (TPSA) is 129 Å². The molecule has 0 aliphatic carbocycles. The summed E-state index contributed by atoms with van der Waals surface area (Å²) < 4.78 is 5.29. The van der Waals surface area contributed by atoms with Crippen molar-refractivity contribution in [3.63, 3.8) is 0 Å². The molecule has 3 aromatic rings. The van der Waals surface area contributed by atoms with E-state index < -0.39 is 23.8 Å². The van der Waals surface area contributed by atoms with Crippen LogP contribution in [-0.4, -0.2) is 35.3 Å². The summed E-state index contributed by atoms with van der Waals surface area (Å²) in [5.74, 6) is -0.376. The largest absolute Gasteiger partial charge is 0.444 e. The summed E-state index contributed by atoms with van der Waals surface area (Å²) in [6, 6.07) is 21.7. The minimum atomic E-state index is -0.658. The normalized spacial score (nSPS) is 11.7. The zero-order valence-corrected chi connectivity index (χ0v) is 21.1. The lowest BCUT2D eigenvalue weighted by Crippen LogP contribution is -2.33. The summed E-state index contributed by atoms with van der Waals surface area (Å²) in [6.07, 6.45) is -0.324. The Labute approximate surface area is 216 Å². The van der Waals surface area contributed by atoms with Gasteiger partial charge in [0.1, 0.15) is 5.60 Å². The van der Waals surface area contributed by atoms with Crippen LogP contribution in [0.3, 0.4) is 0 Å². The van der Waals surface area contributed by atoms with Crippen LogP contribution in [0.15, 0.2) is 78.9 Å². The molecule has 9 heteroatoms. The number of urea groups is 1. The number of carbonyl (C=O) groups excluding carboxylic acids is 3. The van der Waals surface area contributed by atoms with Gasteiger partial charge in [-0.05, 0) is 69.2 Å². The highest BCUT2D eigenvalue weighted by molar-refractivity contribution is 6.06. The summed E-state index contributed by atoms with van der Waals surface area (Å²) in [5, 5.41) is 20.5. The SMILES string of the molecule is CC(C)(C)OC(=O)Nc1ccccc1NC(=O)c1ccc(C(CCO)NC(=O)Nc2ccccc2)cc1. The monoisotopic (exact) mass is 504 g/mol. The Kier molecular flexibility index (Phi) is 9.23. The van der Waals surface area contributed by atoms with Crippen LogP contribution in [0.1, 0.15) is 49.2 Å². The van der Waals surface area contributed by atoms with Crippen LogP contribution in [0.25, 0.3) is 0 Å². The maximum atomic E-state index is 12.9. The number of aliphatic hydroxyl groups excluding tert-OH is 1. The minimum Gasteiger partial charge on any atom is -0.444 e. The van der Waals surface area contributed by atoms with Crippen molar-refractivity contribution in [3.05, 3.63) is 90.0 Å². The average Bonchev–Trinajstić information content (AvgIpc) is 2.84. The van der Waals surface area contributed by atoms with E-state index in [4.69, 9.17) is 4.74 Å². The zero-order chi connectivity index (χ0) is 26.8. The molecule has 0 spiro atoms. The molecule has 0 aromatic heterocycles. The van der Waals surface area contributed by atoms with Crippen molar-refractivity contribution >= 4 is 35.1 Å². The van der Waals surface area contributed by atoms with Crippen molar-refractivity contribution in [1.82, 2.24) is 5.32 Å². The molecule has 0 bridgehead atoms. The van der Waals surface area contributed by atoms with Crippen molar-refractivity contribution in [2.24, 2.45) is 0 Å². The van der Waals surface area contributed by atoms with Gasteiger partial charge in [-0.25, -0.2) is 9.59 Å². The number of aliphatic hydroxyl groups is 1. The van der Waals surface area contributed by atoms with E-state index in [-0.39, 0.29) is 12.5 Å². The van der Waals surface area contributed by atoms with E-state index in [0.717, 1.165) is 5.56 Å². The number of para-hydroxylation sites is 3. The Morgan fingerprint density at radius 2 is 1.41 bits per heavy atom. The van der Waals surface area contributed by atoms with E-state index >= 15 is 0 Å². The van der Waals surface area contributed by atoms with E-state index in [1.165, 1.54) is 0 Å². The Morgan fingerprint density at radius 1 is 0.811 bits per heavy atom. The first-order valence-electron chi connectivity index (χ1n) is 11.9. The number of ether oxygens (including phenoxy) is 1. The molecule has 0 aliphatic rings. The van der Waals surface area contributed by atoms with Gasteiger partial charge >= 0.3 is 12.1 Å². The molecule has 1 unspecified atom stereocenters. The van der Waals surface area contributed by atoms with Gasteiger partial charge in [0.2, 0.25) is 0 Å². The third-order valence-corrected chi connectivity index (χ3v) is 5.14. The number of anilines is 3. The quantitative estimate of drug-likeness (QED) is 0.275. The van der Waals surface area contributed by atoms with Crippen molar-refractivity contribution < 1.29 is 24.2 Å². The fraction of sp³-hybridized carbons (Fsp3) is 0.250. The second kappa shape index (κ2) is 12.5. The lowest BCUT2D eigenvalue weighted by molar-refractivity contribution is 0.0635. The average molecular weight is 505 g/mol. The smallest absolute Gasteiger partial charge is 0.412 e. The third-order valence-electron chi connectivity index (χ3n) is 5.14. The van der Waals surface area contributed by atoms with Gasteiger partial charge in [0.15, 0.2) is 0 Å². The molecule has 9 nitrogen and oxygen atoms in total. The fourth-order valence-electron chi connectivity index (χ4n) is 3.47. The van der Waals surface area contributed by atoms with E-state index in [1.54, 1.807) is 81.4 Å². The Balaban J connectivity index is 1.66. The third kappa shape index (κ3) is 8.66. The molecule has 0 radical (unpaired) electrons. The van der Waals surface area contributed by atoms with Crippen LogP contribution >= 0.6 is 0 Å². The van der Waals surface area contributed by atoms with Gasteiger partial charge in [-0.15, -0.1) is 0 Å². The lowest BCUT2D eigenvalue weighted by Gasteiger charge is -2.20. The molecule has 5 N–H and O–H groups in total. The Bertz CT molecular complexity index is 1210. The highest BCUT2D eigenvalue weighted by Gasteiger charge is 2.19. The number of benzene rings is 3. The summed E-state index contributed by atoms with van der Waals surface area (Å²) >= 11 is 0. The number of nitrogens with one attached hydrogen (secondary N) is 4. The van der Waals surface area contributed by atoms with Crippen molar-refractivity contribution in [1.29, 1.82) is 0 Å². The van der Waals surface area contributed by atoms with E-state index in [1.807, 2.05) is 18.2 Å². The van der Waals surface area contributed by atoms with Crippen LogP contribution in [0.5, 0.6) is 0 Å². The summed E-state index contributed by atoms with van der Waals surface area (Å²) in [5.41, 5.74) is 1.93. The van der Waals surface area contributed by atoms with E-state index in [9.17, 15) is 19.5 Å². The molecular weight excluding hydrogens is 472 g/mol. The summed E-state index contributed by atoms with van der Waals surface area (Å²) in [6.45, 7) is 5.17. The molecule has 0 aliphatic heterocycles. The molecule has 0 saturated heterocycles. The second-order valence-electron chi connectivity index (χ2n) is 9.28. The Hall–Kier alpha value is -4.37. The lowest BCUT2D eigenvalue weighted by atomic mass is 10.0. The van der Waals surface area contributed by atoms with Crippen molar-refractivity contribution in [2.75, 3.05) is 22.6 Å². The molecule has 0 heterocycles. The highest BCUT2D eigenvalue weighted by atomic mass is 16.6. The standard InChI is InChI=1S/C28H32N4O5/c1-28(2,3)37-27(36)32-24-12-8-7-11-23(24)30-25(34)20-15-13-19(14-16-20)22(17-18-33)31-26(35)29-21-9-5-4-6-10-21/h4-16,22,33H,17-18H2,1-3H3,(H,30,34)(H,32,36)(H2,29,31,35). The van der Waals surface area contributed by atoms with Gasteiger partial charge in [0.25, 0.3) is 5.91 Å². The number of hydrogen-bond donors (Lipinski definition) is 5.